The van der Waals surface area contributed by atoms with Crippen LogP contribution in [-0.4, -0.2) is 46.0 Å². The molecule has 0 atom stereocenters. The summed E-state index contributed by atoms with van der Waals surface area (Å²) >= 11 is 7.28. The molecule has 194 valence electrons. The number of benzene rings is 3. The quantitative estimate of drug-likeness (QED) is 0.320. The van der Waals surface area contributed by atoms with Crippen molar-refractivity contribution in [3.05, 3.63) is 94.5 Å². The molecule has 3 aromatic carbocycles. The molecule has 2 heterocycles. The molecule has 8 nitrogen and oxygen atoms in total. The molecule has 1 N–H and O–H groups in total. The fourth-order valence-electron chi connectivity index (χ4n) is 4.33. The molecule has 1 aliphatic rings. The molecule has 1 aliphatic heterocycles. The minimum absolute atomic E-state index is 0.00642. The van der Waals surface area contributed by atoms with E-state index in [1.165, 1.54) is 30.0 Å². The summed E-state index contributed by atoms with van der Waals surface area (Å²) in [7, 11) is 1.55. The van der Waals surface area contributed by atoms with Crippen LogP contribution in [0, 0.1) is 5.82 Å². The van der Waals surface area contributed by atoms with Gasteiger partial charge in [-0.2, -0.15) is 0 Å². The predicted molar refractivity (Wildman–Crippen MR) is 144 cm³/mol. The van der Waals surface area contributed by atoms with Crippen molar-refractivity contribution in [2.45, 2.75) is 18.1 Å². The van der Waals surface area contributed by atoms with Gasteiger partial charge in [0.2, 0.25) is 5.91 Å². The normalized spacial score (nSPS) is 12.3. The first-order valence-electron chi connectivity index (χ1n) is 11.8. The molecule has 0 spiro atoms. The Bertz CT molecular complexity index is 1490. The molecule has 0 aliphatic carbocycles. The summed E-state index contributed by atoms with van der Waals surface area (Å²) in [5.41, 5.74) is 2.47. The van der Waals surface area contributed by atoms with E-state index in [0.29, 0.717) is 29.0 Å². The number of nitrogens with one attached hydrogen (secondary N) is 1. The van der Waals surface area contributed by atoms with Crippen LogP contribution in [0.25, 0.3) is 5.69 Å². The number of halogens is 2. The van der Waals surface area contributed by atoms with Gasteiger partial charge in [-0.1, -0.05) is 59.8 Å². The van der Waals surface area contributed by atoms with Crippen LogP contribution >= 0.6 is 23.4 Å². The number of ether oxygens (including phenoxy) is 1. The zero-order valence-electron chi connectivity index (χ0n) is 20.4. The summed E-state index contributed by atoms with van der Waals surface area (Å²) in [4.78, 5) is 27.6. The number of hydrogen-bond acceptors (Lipinski definition) is 6. The fraction of sp³-hybridized carbons (Fsp3) is 0.185. The number of methoxy groups -OCH3 is 1. The van der Waals surface area contributed by atoms with Crippen molar-refractivity contribution in [3.63, 3.8) is 0 Å². The molecule has 2 amide bonds. The first kappa shape index (κ1) is 25.7. The van der Waals surface area contributed by atoms with E-state index >= 15 is 0 Å². The number of carbonyl (C=O) groups is 2. The highest BCUT2D eigenvalue weighted by Crippen LogP contribution is 2.31. The number of rotatable bonds is 8. The number of hydrogen-bond donors (Lipinski definition) is 1. The highest BCUT2D eigenvalue weighted by atomic mass is 35.5. The van der Waals surface area contributed by atoms with Crippen LogP contribution in [0.1, 0.15) is 21.7 Å². The van der Waals surface area contributed by atoms with Crippen LogP contribution in [-0.2, 0) is 17.8 Å². The number of nitrogens with zero attached hydrogens (tertiary/aromatic N) is 4. The van der Waals surface area contributed by atoms with Crippen LogP contribution in [0.5, 0.6) is 5.75 Å². The maximum Gasteiger partial charge on any atom is 0.256 e. The lowest BCUT2D eigenvalue weighted by molar-refractivity contribution is -0.116. The van der Waals surface area contributed by atoms with Gasteiger partial charge in [-0.25, -0.2) is 4.39 Å². The minimum Gasteiger partial charge on any atom is -0.495 e. The Labute approximate surface area is 227 Å². The van der Waals surface area contributed by atoms with Crippen LogP contribution in [0.3, 0.4) is 0 Å². The Hall–Kier alpha value is -3.89. The number of amides is 2. The minimum atomic E-state index is -0.723. The summed E-state index contributed by atoms with van der Waals surface area (Å²) in [5.74, 6) is -0.382. The summed E-state index contributed by atoms with van der Waals surface area (Å²) in [6.07, 6.45) is 0.819. The van der Waals surface area contributed by atoms with E-state index in [-0.39, 0.29) is 28.8 Å². The second-order valence-electron chi connectivity index (χ2n) is 8.40. The third-order valence-corrected chi connectivity index (χ3v) is 7.36. The number of para-hydroxylation sites is 3. The SMILES string of the molecule is COc1ccccc1-n1c(CNC(=O)c2c(F)cccc2Cl)nnc1SCC(=O)N1CCc2ccccc21. The van der Waals surface area contributed by atoms with E-state index in [1.54, 1.807) is 22.6 Å². The van der Waals surface area contributed by atoms with Gasteiger partial charge in [-0.05, 0) is 42.3 Å². The standard InChI is InChI=1S/C27H23ClFN5O3S/c1-37-22-12-5-4-11-21(22)34-23(15-30-26(36)25-18(28)8-6-9-19(25)29)31-32-27(34)38-16-24(35)33-14-13-17-7-2-3-10-20(17)33/h2-12H,13-16H2,1H3,(H,30,36). The summed E-state index contributed by atoms with van der Waals surface area (Å²) in [6.45, 7) is 0.566. The fourth-order valence-corrected chi connectivity index (χ4v) is 5.42. The molecular weight excluding hydrogens is 529 g/mol. The first-order valence-corrected chi connectivity index (χ1v) is 13.1. The van der Waals surface area contributed by atoms with Crippen molar-refractivity contribution < 1.29 is 18.7 Å². The Morgan fingerprint density at radius 2 is 1.82 bits per heavy atom. The van der Waals surface area contributed by atoms with Gasteiger partial charge in [-0.15, -0.1) is 10.2 Å². The van der Waals surface area contributed by atoms with Crippen molar-refractivity contribution in [3.8, 4) is 11.4 Å². The second-order valence-corrected chi connectivity index (χ2v) is 9.75. The predicted octanol–water partition coefficient (Wildman–Crippen LogP) is 4.68. The van der Waals surface area contributed by atoms with Gasteiger partial charge in [0.15, 0.2) is 11.0 Å². The van der Waals surface area contributed by atoms with Crippen LogP contribution in [0.4, 0.5) is 10.1 Å². The molecule has 0 bridgehead atoms. The number of carbonyl (C=O) groups excluding carboxylic acids is 2. The molecule has 5 rings (SSSR count). The van der Waals surface area contributed by atoms with Crippen molar-refractivity contribution >= 4 is 40.9 Å². The van der Waals surface area contributed by atoms with Crippen molar-refractivity contribution in [2.75, 3.05) is 24.3 Å². The van der Waals surface area contributed by atoms with Crippen molar-refractivity contribution in [2.24, 2.45) is 0 Å². The maximum absolute atomic E-state index is 14.2. The van der Waals surface area contributed by atoms with Crippen molar-refractivity contribution in [1.82, 2.24) is 20.1 Å². The van der Waals surface area contributed by atoms with Crippen LogP contribution < -0.4 is 15.0 Å². The van der Waals surface area contributed by atoms with Gasteiger partial charge < -0.3 is 15.0 Å². The molecule has 0 fully saturated rings. The third kappa shape index (κ3) is 5.09. The summed E-state index contributed by atoms with van der Waals surface area (Å²) in [5, 5.41) is 11.7. The van der Waals surface area contributed by atoms with E-state index in [0.717, 1.165) is 17.7 Å². The molecule has 0 saturated heterocycles. The highest BCUT2D eigenvalue weighted by molar-refractivity contribution is 7.99. The van der Waals surface area contributed by atoms with Gasteiger partial charge >= 0.3 is 0 Å². The number of aromatic nitrogens is 3. The Balaban J connectivity index is 1.39. The maximum atomic E-state index is 14.2. The van der Waals surface area contributed by atoms with E-state index < -0.39 is 11.7 Å². The summed E-state index contributed by atoms with van der Waals surface area (Å²) in [6, 6.07) is 19.2. The zero-order valence-corrected chi connectivity index (χ0v) is 21.9. The van der Waals surface area contributed by atoms with Gasteiger partial charge in [-0.3, -0.25) is 14.2 Å². The average Bonchev–Trinajstić information content (AvgIpc) is 3.54. The number of fused-ring (bicyclic) bond motifs is 1. The van der Waals surface area contributed by atoms with Gasteiger partial charge in [0, 0.05) is 12.2 Å². The second kappa shape index (κ2) is 11.2. The molecule has 11 heteroatoms. The van der Waals surface area contributed by atoms with Crippen LogP contribution in [0.2, 0.25) is 5.02 Å². The molecule has 0 radical (unpaired) electrons. The van der Waals surface area contributed by atoms with Crippen LogP contribution in [0.15, 0.2) is 71.9 Å². The third-order valence-electron chi connectivity index (χ3n) is 6.14. The van der Waals surface area contributed by atoms with E-state index in [9.17, 15) is 14.0 Å². The molecule has 38 heavy (non-hydrogen) atoms. The Morgan fingerprint density at radius 1 is 1.05 bits per heavy atom. The molecule has 1 aromatic heterocycles. The molecule has 4 aromatic rings. The van der Waals surface area contributed by atoms with Gasteiger partial charge in [0.25, 0.3) is 5.91 Å². The highest BCUT2D eigenvalue weighted by Gasteiger charge is 2.26. The summed E-state index contributed by atoms with van der Waals surface area (Å²) < 4.78 is 21.5. The monoisotopic (exact) mass is 551 g/mol. The lowest BCUT2D eigenvalue weighted by Crippen LogP contribution is -2.30. The van der Waals surface area contributed by atoms with Crippen molar-refractivity contribution in [1.29, 1.82) is 0 Å². The number of anilines is 1. The molecule has 0 unspecified atom stereocenters. The largest absolute Gasteiger partial charge is 0.495 e. The molecule has 0 saturated carbocycles. The number of thioether (sulfide) groups is 1. The van der Waals surface area contributed by atoms with Gasteiger partial charge in [0.05, 0.1) is 35.7 Å². The molecular formula is C27H23ClFN5O3S. The first-order chi connectivity index (χ1) is 18.5. The smallest absolute Gasteiger partial charge is 0.256 e. The van der Waals surface area contributed by atoms with E-state index in [1.807, 2.05) is 42.5 Å². The zero-order chi connectivity index (χ0) is 26.6. The Morgan fingerprint density at radius 3 is 2.61 bits per heavy atom. The Kier molecular flexibility index (Phi) is 7.62. The lowest BCUT2D eigenvalue weighted by Gasteiger charge is -2.17. The van der Waals surface area contributed by atoms with Gasteiger partial charge in [0.1, 0.15) is 11.6 Å². The average molecular weight is 552 g/mol. The van der Waals surface area contributed by atoms with E-state index in [2.05, 4.69) is 15.5 Å². The van der Waals surface area contributed by atoms with E-state index in [4.69, 9.17) is 16.3 Å². The lowest BCUT2D eigenvalue weighted by atomic mass is 10.2. The topological polar surface area (TPSA) is 89.3 Å².